The Balaban J connectivity index is 2.36. The Hall–Kier alpha value is -1.44. The highest BCUT2D eigenvalue weighted by atomic mass is 16.5. The maximum atomic E-state index is 5.46. The first-order valence-corrected chi connectivity index (χ1v) is 5.16. The predicted molar refractivity (Wildman–Crippen MR) is 59.5 cm³/mol. The molecule has 1 aliphatic carbocycles. The molecule has 0 bridgehead atoms. The van der Waals surface area contributed by atoms with Crippen LogP contribution in [0.3, 0.4) is 0 Å². The second-order valence-corrected chi connectivity index (χ2v) is 4.03. The minimum absolute atomic E-state index is 0.264. The van der Waals surface area contributed by atoms with Gasteiger partial charge in [-0.1, -0.05) is 5.57 Å². The van der Waals surface area contributed by atoms with Gasteiger partial charge in [0.15, 0.2) is 0 Å². The molecule has 15 heavy (non-hydrogen) atoms. The van der Waals surface area contributed by atoms with E-state index in [0.717, 1.165) is 17.9 Å². The lowest BCUT2D eigenvalue weighted by Gasteiger charge is -2.09. The summed E-state index contributed by atoms with van der Waals surface area (Å²) in [5.41, 5.74) is 2.74. The average molecular weight is 204 g/mol. The number of ether oxygens (including phenoxy) is 1. The van der Waals surface area contributed by atoms with Crippen LogP contribution in [0.15, 0.2) is 45.8 Å². The van der Waals surface area contributed by atoms with Crippen molar-refractivity contribution in [2.45, 2.75) is 26.2 Å². The molecule has 0 saturated heterocycles. The van der Waals surface area contributed by atoms with Crippen molar-refractivity contribution in [2.75, 3.05) is 7.11 Å². The third-order valence-corrected chi connectivity index (χ3v) is 2.85. The van der Waals surface area contributed by atoms with E-state index in [0.29, 0.717) is 0 Å². The molecule has 2 nitrogen and oxygen atoms in total. The molecule has 1 unspecified atom stereocenters. The minimum Gasteiger partial charge on any atom is -0.501 e. The second-order valence-electron chi connectivity index (χ2n) is 4.03. The van der Waals surface area contributed by atoms with Crippen molar-refractivity contribution < 1.29 is 9.15 Å². The summed E-state index contributed by atoms with van der Waals surface area (Å²) in [7, 11) is 1.72. The molecule has 0 amide bonds. The predicted octanol–water partition coefficient (Wildman–Crippen LogP) is 3.63. The van der Waals surface area contributed by atoms with Crippen LogP contribution >= 0.6 is 0 Å². The van der Waals surface area contributed by atoms with Gasteiger partial charge < -0.3 is 9.15 Å². The average Bonchev–Trinajstić information content (AvgIpc) is 2.86. The van der Waals surface area contributed by atoms with Crippen LogP contribution in [0.25, 0.3) is 0 Å². The summed E-state index contributed by atoms with van der Waals surface area (Å²) in [5.74, 6) is 2.30. The molecule has 2 heteroatoms. The molecule has 1 aliphatic rings. The van der Waals surface area contributed by atoms with Gasteiger partial charge in [-0.05, 0) is 37.6 Å². The number of furan rings is 1. The smallest absolute Gasteiger partial charge is 0.114 e. The van der Waals surface area contributed by atoms with E-state index in [9.17, 15) is 0 Å². The van der Waals surface area contributed by atoms with Gasteiger partial charge in [-0.25, -0.2) is 0 Å². The van der Waals surface area contributed by atoms with Gasteiger partial charge in [0.2, 0.25) is 0 Å². The molecule has 0 N–H and O–H groups in total. The zero-order valence-corrected chi connectivity index (χ0v) is 9.41. The highest BCUT2D eigenvalue weighted by molar-refractivity contribution is 5.39. The monoisotopic (exact) mass is 204 g/mol. The fraction of sp³-hybridized carbons (Fsp3) is 0.385. The van der Waals surface area contributed by atoms with Crippen LogP contribution < -0.4 is 0 Å². The van der Waals surface area contributed by atoms with Gasteiger partial charge in [0.25, 0.3) is 0 Å². The molecular formula is C13H16O2. The van der Waals surface area contributed by atoms with E-state index >= 15 is 0 Å². The molecule has 0 fully saturated rings. The Morgan fingerprint density at radius 3 is 2.80 bits per heavy atom. The largest absolute Gasteiger partial charge is 0.501 e. The van der Waals surface area contributed by atoms with Crippen molar-refractivity contribution in [1.82, 2.24) is 0 Å². The number of methoxy groups -OCH3 is 1. The molecule has 2 rings (SSSR count). The normalized spacial score (nSPS) is 20.3. The van der Waals surface area contributed by atoms with E-state index in [1.807, 2.05) is 12.1 Å². The van der Waals surface area contributed by atoms with Crippen molar-refractivity contribution in [3.8, 4) is 0 Å². The van der Waals surface area contributed by atoms with Crippen molar-refractivity contribution >= 4 is 0 Å². The molecule has 0 radical (unpaired) electrons. The first-order valence-electron chi connectivity index (χ1n) is 5.16. The highest BCUT2D eigenvalue weighted by Gasteiger charge is 2.26. The number of hydrogen-bond acceptors (Lipinski definition) is 2. The summed E-state index contributed by atoms with van der Waals surface area (Å²) in [6, 6.07) is 3.94. The molecule has 1 aromatic heterocycles. The van der Waals surface area contributed by atoms with E-state index in [-0.39, 0.29) is 5.92 Å². The number of allylic oxidation sites excluding steroid dienone is 3. The maximum absolute atomic E-state index is 5.46. The Morgan fingerprint density at radius 2 is 2.27 bits per heavy atom. The Bertz CT molecular complexity index is 392. The molecule has 0 aromatic carbocycles. The van der Waals surface area contributed by atoms with Gasteiger partial charge in [-0.3, -0.25) is 0 Å². The molecule has 1 aromatic rings. The Kier molecular flexibility index (Phi) is 2.67. The van der Waals surface area contributed by atoms with Crippen LogP contribution in [-0.4, -0.2) is 7.11 Å². The van der Waals surface area contributed by atoms with Crippen LogP contribution in [0.5, 0.6) is 0 Å². The van der Waals surface area contributed by atoms with Gasteiger partial charge in [0, 0.05) is 6.42 Å². The summed E-state index contributed by atoms with van der Waals surface area (Å²) in [6.07, 6.45) is 4.77. The van der Waals surface area contributed by atoms with Crippen LogP contribution in [0, 0.1) is 0 Å². The molecule has 80 valence electrons. The fourth-order valence-electron chi connectivity index (χ4n) is 1.99. The fourth-order valence-corrected chi connectivity index (χ4v) is 1.99. The third kappa shape index (κ3) is 1.84. The minimum atomic E-state index is 0.264. The molecular weight excluding hydrogens is 188 g/mol. The SMILES string of the molecule is COC1=CC(c2ccco2)C(=C(C)C)C1. The van der Waals surface area contributed by atoms with Crippen LogP contribution in [0.1, 0.15) is 31.9 Å². The first kappa shape index (κ1) is 10.1. The summed E-state index contributed by atoms with van der Waals surface area (Å²) in [6.45, 7) is 4.27. The lowest BCUT2D eigenvalue weighted by Crippen LogP contribution is -1.94. The van der Waals surface area contributed by atoms with E-state index in [2.05, 4.69) is 19.9 Å². The summed E-state index contributed by atoms with van der Waals surface area (Å²) >= 11 is 0. The topological polar surface area (TPSA) is 22.4 Å². The van der Waals surface area contributed by atoms with Gasteiger partial charge >= 0.3 is 0 Å². The van der Waals surface area contributed by atoms with E-state index in [4.69, 9.17) is 9.15 Å². The van der Waals surface area contributed by atoms with Gasteiger partial charge in [-0.15, -0.1) is 0 Å². The van der Waals surface area contributed by atoms with Crippen LogP contribution in [0.4, 0.5) is 0 Å². The summed E-state index contributed by atoms with van der Waals surface area (Å²) in [5, 5.41) is 0. The third-order valence-electron chi connectivity index (χ3n) is 2.85. The van der Waals surface area contributed by atoms with Crippen molar-refractivity contribution in [3.05, 3.63) is 47.1 Å². The van der Waals surface area contributed by atoms with E-state index in [1.165, 1.54) is 11.1 Å². The highest BCUT2D eigenvalue weighted by Crippen LogP contribution is 2.39. The van der Waals surface area contributed by atoms with Crippen molar-refractivity contribution in [2.24, 2.45) is 0 Å². The van der Waals surface area contributed by atoms with Gasteiger partial charge in [-0.2, -0.15) is 0 Å². The van der Waals surface area contributed by atoms with Gasteiger partial charge in [0.05, 0.1) is 25.1 Å². The summed E-state index contributed by atoms with van der Waals surface area (Å²) in [4.78, 5) is 0. The van der Waals surface area contributed by atoms with Crippen molar-refractivity contribution in [3.63, 3.8) is 0 Å². The lowest BCUT2D eigenvalue weighted by atomic mass is 9.96. The molecule has 1 atom stereocenters. The second kappa shape index (κ2) is 3.97. The Morgan fingerprint density at radius 1 is 1.47 bits per heavy atom. The van der Waals surface area contributed by atoms with Crippen LogP contribution in [-0.2, 0) is 4.74 Å². The molecule has 0 aliphatic heterocycles. The number of hydrogen-bond donors (Lipinski definition) is 0. The van der Waals surface area contributed by atoms with Gasteiger partial charge in [0.1, 0.15) is 5.76 Å². The van der Waals surface area contributed by atoms with Crippen molar-refractivity contribution in [1.29, 1.82) is 0 Å². The molecule has 0 spiro atoms. The zero-order valence-electron chi connectivity index (χ0n) is 9.41. The number of rotatable bonds is 2. The zero-order chi connectivity index (χ0) is 10.8. The molecule has 1 heterocycles. The quantitative estimate of drug-likeness (QED) is 0.686. The first-order chi connectivity index (χ1) is 7.22. The van der Waals surface area contributed by atoms with E-state index < -0.39 is 0 Å². The standard InChI is InChI=1S/C13H16O2/c1-9(2)11-7-10(14-3)8-12(11)13-5-4-6-15-13/h4-6,8,12H,7H2,1-3H3. The van der Waals surface area contributed by atoms with Crippen LogP contribution in [0.2, 0.25) is 0 Å². The lowest BCUT2D eigenvalue weighted by molar-refractivity contribution is 0.286. The Labute approximate surface area is 90.2 Å². The maximum Gasteiger partial charge on any atom is 0.114 e. The summed E-state index contributed by atoms with van der Waals surface area (Å²) < 4.78 is 10.8. The molecule has 0 saturated carbocycles. The van der Waals surface area contributed by atoms with E-state index in [1.54, 1.807) is 13.4 Å².